The predicted octanol–water partition coefficient (Wildman–Crippen LogP) is 4.06. The summed E-state index contributed by atoms with van der Waals surface area (Å²) in [5.74, 6) is -2.99. The number of halogens is 3. The highest BCUT2D eigenvalue weighted by molar-refractivity contribution is 5.67. The van der Waals surface area contributed by atoms with Crippen molar-refractivity contribution in [1.29, 1.82) is 0 Å². The highest BCUT2D eigenvalue weighted by Gasteiger charge is 2.16. The molecule has 0 aliphatic rings. The lowest BCUT2D eigenvalue weighted by Crippen LogP contribution is -2.17. The van der Waals surface area contributed by atoms with Crippen LogP contribution in [-0.2, 0) is 0 Å². The first-order valence-electron chi connectivity index (χ1n) is 9.02. The molecule has 0 amide bonds. The van der Waals surface area contributed by atoms with Crippen LogP contribution in [0.4, 0.5) is 30.6 Å². The summed E-state index contributed by atoms with van der Waals surface area (Å²) < 4.78 is 41.6. The molecule has 29 heavy (non-hydrogen) atoms. The van der Waals surface area contributed by atoms with Gasteiger partial charge in [-0.3, -0.25) is 4.98 Å². The molecule has 0 bridgehead atoms. The summed E-state index contributed by atoms with van der Waals surface area (Å²) in [7, 11) is 3.95. The van der Waals surface area contributed by atoms with Crippen LogP contribution in [0.5, 0.6) is 0 Å². The summed E-state index contributed by atoms with van der Waals surface area (Å²) in [5.41, 5.74) is 0.594. The fourth-order valence-electron chi connectivity index (χ4n) is 2.62. The normalized spacial score (nSPS) is 11.0. The second kappa shape index (κ2) is 9.33. The second-order valence-electron chi connectivity index (χ2n) is 6.63. The van der Waals surface area contributed by atoms with Gasteiger partial charge in [-0.1, -0.05) is 0 Å². The van der Waals surface area contributed by atoms with Crippen molar-refractivity contribution in [3.8, 4) is 11.3 Å². The van der Waals surface area contributed by atoms with Crippen LogP contribution in [-0.4, -0.2) is 47.0 Å². The molecule has 6 nitrogen and oxygen atoms in total. The summed E-state index contributed by atoms with van der Waals surface area (Å²) in [5, 5.41) is 5.64. The van der Waals surface area contributed by atoms with Crippen molar-refractivity contribution < 1.29 is 13.2 Å². The lowest BCUT2D eigenvalue weighted by atomic mass is 10.2. The third-order valence-electron chi connectivity index (χ3n) is 4.05. The molecule has 2 aromatic heterocycles. The maximum Gasteiger partial charge on any atom is 0.225 e. The number of hydrogen-bond donors (Lipinski definition) is 2. The first kappa shape index (κ1) is 20.5. The van der Waals surface area contributed by atoms with E-state index in [1.165, 1.54) is 6.07 Å². The van der Waals surface area contributed by atoms with Crippen LogP contribution in [0.1, 0.15) is 6.42 Å². The number of nitrogens with zero attached hydrogens (tertiary/aromatic N) is 4. The van der Waals surface area contributed by atoms with Gasteiger partial charge >= 0.3 is 0 Å². The molecule has 0 saturated heterocycles. The van der Waals surface area contributed by atoms with E-state index in [-0.39, 0.29) is 11.8 Å². The molecule has 0 atom stereocenters. The largest absolute Gasteiger partial charge is 0.354 e. The Morgan fingerprint density at radius 3 is 2.55 bits per heavy atom. The Bertz CT molecular complexity index is 966. The molecular weight excluding hydrogens is 381 g/mol. The van der Waals surface area contributed by atoms with Crippen molar-refractivity contribution in [3.63, 3.8) is 0 Å². The fourth-order valence-corrected chi connectivity index (χ4v) is 2.62. The number of anilines is 3. The summed E-state index contributed by atoms with van der Waals surface area (Å²) in [4.78, 5) is 14.8. The zero-order valence-electron chi connectivity index (χ0n) is 16.1. The minimum Gasteiger partial charge on any atom is -0.354 e. The minimum absolute atomic E-state index is 0.123. The van der Waals surface area contributed by atoms with Crippen molar-refractivity contribution >= 4 is 17.5 Å². The highest BCUT2D eigenvalue weighted by atomic mass is 19.2. The molecule has 0 spiro atoms. The Hall–Kier alpha value is -3.20. The van der Waals surface area contributed by atoms with Crippen LogP contribution in [0.15, 0.2) is 42.7 Å². The second-order valence-corrected chi connectivity index (χ2v) is 6.63. The van der Waals surface area contributed by atoms with E-state index in [1.54, 1.807) is 24.5 Å². The number of hydrogen-bond acceptors (Lipinski definition) is 6. The van der Waals surface area contributed by atoms with Crippen molar-refractivity contribution in [2.24, 2.45) is 0 Å². The molecule has 0 aliphatic carbocycles. The number of rotatable bonds is 8. The van der Waals surface area contributed by atoms with Crippen LogP contribution in [0.3, 0.4) is 0 Å². The monoisotopic (exact) mass is 402 g/mol. The maximum absolute atomic E-state index is 14.0. The van der Waals surface area contributed by atoms with Gasteiger partial charge < -0.3 is 15.5 Å². The Morgan fingerprint density at radius 1 is 1.03 bits per heavy atom. The minimum atomic E-state index is -1.31. The third kappa shape index (κ3) is 5.41. The van der Waals surface area contributed by atoms with Crippen molar-refractivity contribution in [2.75, 3.05) is 37.8 Å². The van der Waals surface area contributed by atoms with E-state index in [0.29, 0.717) is 17.8 Å². The van der Waals surface area contributed by atoms with Crippen LogP contribution < -0.4 is 10.6 Å². The lowest BCUT2D eigenvalue weighted by molar-refractivity contribution is 0.405. The molecular formula is C20H21F3N6. The number of aromatic nitrogens is 3. The third-order valence-corrected chi connectivity index (χ3v) is 4.05. The number of nitrogens with one attached hydrogen (secondary N) is 2. The SMILES string of the molecule is CN(C)CCCNc1nc(Nc2c(F)ccc(F)c2F)cc(-c2cccnc2)n1. The number of pyridine rings is 1. The molecule has 152 valence electrons. The predicted molar refractivity (Wildman–Crippen MR) is 107 cm³/mol. The topological polar surface area (TPSA) is 66.0 Å². The average Bonchev–Trinajstić information content (AvgIpc) is 2.72. The van der Waals surface area contributed by atoms with Gasteiger partial charge in [-0.2, -0.15) is 4.98 Å². The van der Waals surface area contributed by atoms with Gasteiger partial charge in [0.05, 0.1) is 5.69 Å². The summed E-state index contributed by atoms with van der Waals surface area (Å²) in [6.07, 6.45) is 4.09. The first-order chi connectivity index (χ1) is 13.9. The molecule has 0 unspecified atom stereocenters. The molecule has 0 fully saturated rings. The fraction of sp³-hybridized carbons (Fsp3) is 0.250. The quantitative estimate of drug-likeness (QED) is 0.438. The zero-order valence-corrected chi connectivity index (χ0v) is 16.1. The van der Waals surface area contributed by atoms with Gasteiger partial charge in [-0.25, -0.2) is 18.2 Å². The highest BCUT2D eigenvalue weighted by Crippen LogP contribution is 2.27. The molecule has 3 aromatic rings. The molecule has 0 saturated carbocycles. The molecule has 2 N–H and O–H groups in total. The van der Waals surface area contributed by atoms with Gasteiger partial charge in [0.25, 0.3) is 0 Å². The Balaban J connectivity index is 1.91. The van der Waals surface area contributed by atoms with Crippen LogP contribution in [0, 0.1) is 17.5 Å². The van der Waals surface area contributed by atoms with E-state index in [1.807, 2.05) is 14.1 Å². The summed E-state index contributed by atoms with van der Waals surface area (Å²) in [6, 6.07) is 6.66. The smallest absolute Gasteiger partial charge is 0.225 e. The number of benzene rings is 1. The van der Waals surface area contributed by atoms with Gasteiger partial charge in [0.15, 0.2) is 11.6 Å². The lowest BCUT2D eigenvalue weighted by Gasteiger charge is -2.13. The van der Waals surface area contributed by atoms with Crippen LogP contribution in [0.2, 0.25) is 0 Å². The molecule has 1 aromatic carbocycles. The summed E-state index contributed by atoms with van der Waals surface area (Å²) in [6.45, 7) is 1.48. The van der Waals surface area contributed by atoms with E-state index in [4.69, 9.17) is 0 Å². The maximum atomic E-state index is 14.0. The van der Waals surface area contributed by atoms with Gasteiger partial charge in [0.1, 0.15) is 17.3 Å². The van der Waals surface area contributed by atoms with Gasteiger partial charge in [0.2, 0.25) is 5.95 Å². The van der Waals surface area contributed by atoms with Crippen molar-refractivity contribution in [2.45, 2.75) is 6.42 Å². The van der Waals surface area contributed by atoms with E-state index >= 15 is 0 Å². The van der Waals surface area contributed by atoms with E-state index in [0.717, 1.165) is 25.1 Å². The Labute approximate surface area is 166 Å². The van der Waals surface area contributed by atoms with Gasteiger partial charge in [-0.15, -0.1) is 0 Å². The molecule has 0 radical (unpaired) electrons. The van der Waals surface area contributed by atoms with E-state index in [9.17, 15) is 13.2 Å². The molecule has 9 heteroatoms. The standard InChI is InChI=1S/C20H21F3N6/c1-29(2)10-4-9-25-20-26-16(13-5-3-8-24-12-13)11-17(28-20)27-19-15(22)7-6-14(21)18(19)23/h3,5-8,11-12H,4,9-10H2,1-2H3,(H2,25,26,27,28). The first-order valence-corrected chi connectivity index (χ1v) is 9.02. The summed E-state index contributed by atoms with van der Waals surface area (Å²) >= 11 is 0. The Morgan fingerprint density at radius 2 is 1.83 bits per heavy atom. The average molecular weight is 402 g/mol. The van der Waals surface area contributed by atoms with Crippen LogP contribution >= 0.6 is 0 Å². The van der Waals surface area contributed by atoms with E-state index in [2.05, 4.69) is 30.5 Å². The molecule has 2 heterocycles. The van der Waals surface area contributed by atoms with Crippen molar-refractivity contribution in [3.05, 3.63) is 60.2 Å². The van der Waals surface area contributed by atoms with E-state index < -0.39 is 23.1 Å². The Kier molecular flexibility index (Phi) is 6.61. The zero-order chi connectivity index (χ0) is 20.8. The van der Waals surface area contributed by atoms with Gasteiger partial charge in [0, 0.05) is 30.6 Å². The van der Waals surface area contributed by atoms with Gasteiger partial charge in [-0.05, 0) is 51.3 Å². The van der Waals surface area contributed by atoms with Crippen molar-refractivity contribution in [1.82, 2.24) is 19.9 Å². The molecule has 0 aliphatic heterocycles. The van der Waals surface area contributed by atoms with Crippen LogP contribution in [0.25, 0.3) is 11.3 Å². The molecule has 3 rings (SSSR count).